The number of amides is 2. The number of anilines is 2. The molecule has 27 heavy (non-hydrogen) atoms. The number of fused-ring (bicyclic) bond motifs is 1. The lowest BCUT2D eigenvalue weighted by Gasteiger charge is -2.33. The number of hydrogen-bond donors (Lipinski definition) is 1. The van der Waals surface area contributed by atoms with Gasteiger partial charge in [0, 0.05) is 31.9 Å². The molecule has 2 aliphatic rings. The van der Waals surface area contributed by atoms with E-state index in [0.717, 1.165) is 32.8 Å². The minimum absolute atomic E-state index is 0.0228. The molecule has 2 amide bonds. The highest BCUT2D eigenvalue weighted by Crippen LogP contribution is 2.34. The van der Waals surface area contributed by atoms with Gasteiger partial charge in [-0.3, -0.25) is 15.0 Å². The van der Waals surface area contributed by atoms with Crippen LogP contribution in [0, 0.1) is 0 Å². The van der Waals surface area contributed by atoms with E-state index in [2.05, 4.69) is 10.2 Å². The van der Waals surface area contributed by atoms with Crippen molar-refractivity contribution < 1.29 is 23.8 Å². The highest BCUT2D eigenvalue weighted by Gasteiger charge is 2.27. The molecular weight excluding hydrogens is 350 g/mol. The minimum Gasteiger partial charge on any atom is -0.482 e. The fourth-order valence-electron chi connectivity index (χ4n) is 3.01. The SMILES string of the molecule is CC(C)(C)OC(=O)Nc1ccc2c(c1)N(CCN1CCOCC1)C(=O)CO2. The number of benzene rings is 1. The molecule has 0 spiro atoms. The molecule has 0 aliphatic carbocycles. The first-order valence-corrected chi connectivity index (χ1v) is 9.19. The Morgan fingerprint density at radius 1 is 1.22 bits per heavy atom. The zero-order valence-electron chi connectivity index (χ0n) is 16.1. The Morgan fingerprint density at radius 3 is 2.67 bits per heavy atom. The second-order valence-electron chi connectivity index (χ2n) is 7.60. The van der Waals surface area contributed by atoms with Gasteiger partial charge in [-0.2, -0.15) is 0 Å². The molecule has 0 unspecified atom stereocenters. The molecule has 0 saturated carbocycles. The van der Waals surface area contributed by atoms with Crippen LogP contribution in [-0.4, -0.2) is 68.5 Å². The second kappa shape index (κ2) is 8.14. The molecule has 0 bridgehead atoms. The first-order chi connectivity index (χ1) is 12.8. The smallest absolute Gasteiger partial charge is 0.412 e. The number of ether oxygens (including phenoxy) is 3. The molecule has 0 atom stereocenters. The minimum atomic E-state index is -0.582. The largest absolute Gasteiger partial charge is 0.482 e. The summed E-state index contributed by atoms with van der Waals surface area (Å²) in [4.78, 5) is 28.4. The quantitative estimate of drug-likeness (QED) is 0.866. The van der Waals surface area contributed by atoms with Crippen LogP contribution in [0.4, 0.5) is 16.2 Å². The van der Waals surface area contributed by atoms with Crippen LogP contribution >= 0.6 is 0 Å². The molecule has 3 rings (SSSR count). The summed E-state index contributed by atoms with van der Waals surface area (Å²) in [5.41, 5.74) is 0.632. The van der Waals surface area contributed by atoms with Gasteiger partial charge >= 0.3 is 6.09 Å². The zero-order chi connectivity index (χ0) is 19.4. The summed E-state index contributed by atoms with van der Waals surface area (Å²) in [6.07, 6.45) is -0.537. The van der Waals surface area contributed by atoms with E-state index >= 15 is 0 Å². The van der Waals surface area contributed by atoms with Crippen LogP contribution in [0.1, 0.15) is 20.8 Å². The van der Waals surface area contributed by atoms with Gasteiger partial charge in [0.05, 0.1) is 18.9 Å². The predicted octanol–water partition coefficient (Wildman–Crippen LogP) is 2.09. The van der Waals surface area contributed by atoms with Crippen LogP contribution in [0.15, 0.2) is 18.2 Å². The van der Waals surface area contributed by atoms with Gasteiger partial charge in [-0.1, -0.05) is 0 Å². The number of rotatable bonds is 4. The molecule has 0 radical (unpaired) electrons. The van der Waals surface area contributed by atoms with Gasteiger partial charge in [0.15, 0.2) is 6.61 Å². The second-order valence-corrected chi connectivity index (χ2v) is 7.60. The van der Waals surface area contributed by atoms with Crippen LogP contribution in [0.3, 0.4) is 0 Å². The van der Waals surface area contributed by atoms with Crippen LogP contribution in [-0.2, 0) is 14.3 Å². The van der Waals surface area contributed by atoms with E-state index in [9.17, 15) is 9.59 Å². The van der Waals surface area contributed by atoms with Crippen LogP contribution in [0.5, 0.6) is 5.75 Å². The Labute approximate surface area is 159 Å². The fraction of sp³-hybridized carbons (Fsp3) is 0.579. The molecule has 2 heterocycles. The fourth-order valence-corrected chi connectivity index (χ4v) is 3.01. The summed E-state index contributed by atoms with van der Waals surface area (Å²) in [5.74, 6) is 0.538. The maximum atomic E-state index is 12.4. The average Bonchev–Trinajstić information content (AvgIpc) is 2.60. The van der Waals surface area contributed by atoms with Crippen molar-refractivity contribution in [3.05, 3.63) is 18.2 Å². The predicted molar refractivity (Wildman–Crippen MR) is 101 cm³/mol. The van der Waals surface area contributed by atoms with E-state index in [0.29, 0.717) is 23.7 Å². The average molecular weight is 377 g/mol. The van der Waals surface area contributed by atoms with Crippen molar-refractivity contribution in [3.8, 4) is 5.75 Å². The Hall–Kier alpha value is -2.32. The normalized spacial score (nSPS) is 17.9. The van der Waals surface area contributed by atoms with Crippen molar-refractivity contribution in [2.75, 3.05) is 56.2 Å². The molecule has 8 heteroatoms. The number of nitrogens with one attached hydrogen (secondary N) is 1. The number of nitrogens with zero attached hydrogens (tertiary/aromatic N) is 2. The highest BCUT2D eigenvalue weighted by atomic mass is 16.6. The van der Waals surface area contributed by atoms with Gasteiger partial charge in [0.25, 0.3) is 5.91 Å². The summed E-state index contributed by atoms with van der Waals surface area (Å²) in [5, 5.41) is 2.71. The standard InChI is InChI=1S/C19H27N3O5/c1-19(2,3)27-18(24)20-14-4-5-16-15(12-14)22(17(23)13-26-16)7-6-21-8-10-25-11-9-21/h4-5,12H,6-11,13H2,1-3H3,(H,20,24). The molecule has 0 aromatic heterocycles. The summed E-state index contributed by atoms with van der Waals surface area (Å²) in [6, 6.07) is 5.24. The van der Waals surface area contributed by atoms with Gasteiger partial charge in [-0.25, -0.2) is 4.79 Å². The van der Waals surface area contributed by atoms with E-state index < -0.39 is 11.7 Å². The van der Waals surface area contributed by atoms with Crippen molar-refractivity contribution in [1.29, 1.82) is 0 Å². The Kier molecular flexibility index (Phi) is 5.86. The lowest BCUT2D eigenvalue weighted by atomic mass is 10.2. The van der Waals surface area contributed by atoms with Gasteiger partial charge in [0.2, 0.25) is 0 Å². The van der Waals surface area contributed by atoms with E-state index in [4.69, 9.17) is 14.2 Å². The van der Waals surface area contributed by atoms with Crippen molar-refractivity contribution in [2.24, 2.45) is 0 Å². The Morgan fingerprint density at radius 2 is 1.96 bits per heavy atom. The van der Waals surface area contributed by atoms with Crippen molar-refractivity contribution in [3.63, 3.8) is 0 Å². The lowest BCUT2D eigenvalue weighted by molar-refractivity contribution is -0.121. The summed E-state index contributed by atoms with van der Waals surface area (Å²) >= 11 is 0. The third kappa shape index (κ3) is 5.33. The third-order valence-corrected chi connectivity index (χ3v) is 4.29. The monoisotopic (exact) mass is 377 g/mol. The molecule has 1 saturated heterocycles. The van der Waals surface area contributed by atoms with E-state index in [1.165, 1.54) is 0 Å². The van der Waals surface area contributed by atoms with E-state index in [-0.39, 0.29) is 12.5 Å². The maximum absolute atomic E-state index is 12.4. The van der Waals surface area contributed by atoms with Crippen molar-refractivity contribution in [2.45, 2.75) is 26.4 Å². The summed E-state index contributed by atoms with van der Waals surface area (Å²) in [7, 11) is 0. The maximum Gasteiger partial charge on any atom is 0.412 e. The molecule has 1 N–H and O–H groups in total. The van der Waals surface area contributed by atoms with Crippen molar-refractivity contribution >= 4 is 23.4 Å². The van der Waals surface area contributed by atoms with Gasteiger partial charge in [-0.05, 0) is 39.0 Å². The first-order valence-electron chi connectivity index (χ1n) is 9.19. The van der Waals surface area contributed by atoms with Crippen LogP contribution < -0.4 is 15.0 Å². The van der Waals surface area contributed by atoms with Gasteiger partial charge < -0.3 is 19.1 Å². The molecule has 1 fully saturated rings. The molecule has 8 nitrogen and oxygen atoms in total. The summed E-state index contributed by atoms with van der Waals surface area (Å²) < 4.78 is 16.2. The first kappa shape index (κ1) is 19.4. The molecule has 2 aliphatic heterocycles. The molecule has 148 valence electrons. The molecular formula is C19H27N3O5. The lowest BCUT2D eigenvalue weighted by Crippen LogP contribution is -2.45. The number of hydrogen-bond acceptors (Lipinski definition) is 6. The summed E-state index contributed by atoms with van der Waals surface area (Å²) in [6.45, 7) is 9.93. The van der Waals surface area contributed by atoms with E-state index in [1.54, 1.807) is 43.9 Å². The van der Waals surface area contributed by atoms with Crippen LogP contribution in [0.25, 0.3) is 0 Å². The topological polar surface area (TPSA) is 80.3 Å². The molecule has 1 aromatic carbocycles. The Bertz CT molecular complexity index is 695. The third-order valence-electron chi connectivity index (χ3n) is 4.29. The number of carbonyl (C=O) groups is 2. The molecule has 1 aromatic rings. The Balaban J connectivity index is 1.70. The van der Waals surface area contributed by atoms with Crippen molar-refractivity contribution in [1.82, 2.24) is 4.90 Å². The highest BCUT2D eigenvalue weighted by molar-refractivity contribution is 5.99. The van der Waals surface area contributed by atoms with Gasteiger partial charge in [0.1, 0.15) is 11.4 Å². The number of carbonyl (C=O) groups excluding carboxylic acids is 2. The zero-order valence-corrected chi connectivity index (χ0v) is 16.1. The van der Waals surface area contributed by atoms with E-state index in [1.807, 2.05) is 0 Å². The van der Waals surface area contributed by atoms with Crippen LogP contribution in [0.2, 0.25) is 0 Å². The number of morpholine rings is 1. The van der Waals surface area contributed by atoms with Gasteiger partial charge in [-0.15, -0.1) is 0 Å².